The third kappa shape index (κ3) is 4.42. The van der Waals surface area contributed by atoms with Crippen LogP contribution in [-0.4, -0.2) is 47.2 Å². The molecule has 2 aromatic carbocycles. The lowest BCUT2D eigenvalue weighted by atomic mass is 10.1. The number of carbonyl (C=O) groups excluding carboxylic acids is 1. The fourth-order valence-corrected chi connectivity index (χ4v) is 3.83. The Morgan fingerprint density at radius 1 is 1.31 bits per heavy atom. The highest BCUT2D eigenvalue weighted by Gasteiger charge is 2.21. The summed E-state index contributed by atoms with van der Waals surface area (Å²) in [4.78, 5) is 18.1. The molecule has 3 aromatic rings. The van der Waals surface area contributed by atoms with Gasteiger partial charge in [0.1, 0.15) is 17.2 Å². The number of hydrogen-bond donors (Lipinski definition) is 3. The zero-order valence-electron chi connectivity index (χ0n) is 17.5. The molecule has 1 aliphatic rings. The minimum atomic E-state index is -0.609. The van der Waals surface area contributed by atoms with Crippen LogP contribution in [0.15, 0.2) is 55.0 Å². The molecule has 4 N–H and O–H groups in total. The Morgan fingerprint density at radius 2 is 2.12 bits per heavy atom. The molecule has 4 rings (SSSR count). The van der Waals surface area contributed by atoms with Crippen LogP contribution >= 0.6 is 11.6 Å². The van der Waals surface area contributed by atoms with Gasteiger partial charge in [-0.25, -0.2) is 0 Å². The minimum Gasteiger partial charge on any atom is -0.496 e. The SMILES string of the molecule is C=C(Nc1ccc(Oc2ccnc3cc(OC)c(C(N)=O)cc23)cc1Cl)N1CC[C@@H](O)C1. The van der Waals surface area contributed by atoms with Gasteiger partial charge < -0.3 is 30.5 Å². The molecule has 9 heteroatoms. The summed E-state index contributed by atoms with van der Waals surface area (Å²) in [6.45, 7) is 5.30. The van der Waals surface area contributed by atoms with E-state index in [-0.39, 0.29) is 11.7 Å². The van der Waals surface area contributed by atoms with Gasteiger partial charge in [0.25, 0.3) is 5.91 Å². The summed E-state index contributed by atoms with van der Waals surface area (Å²) in [5.41, 5.74) is 6.99. The van der Waals surface area contributed by atoms with Gasteiger partial charge in [-0.2, -0.15) is 0 Å². The van der Waals surface area contributed by atoms with Gasteiger partial charge in [-0.05, 0) is 30.7 Å². The number of nitrogens with one attached hydrogen (secondary N) is 1. The van der Waals surface area contributed by atoms with Gasteiger partial charge in [0.2, 0.25) is 0 Å². The third-order valence-electron chi connectivity index (χ3n) is 5.28. The number of methoxy groups -OCH3 is 1. The molecule has 1 atom stereocenters. The second-order valence-corrected chi connectivity index (χ2v) is 7.85. The Kier molecular flexibility index (Phi) is 6.07. The summed E-state index contributed by atoms with van der Waals surface area (Å²) >= 11 is 6.46. The number of likely N-dealkylation sites (tertiary alicyclic amines) is 1. The third-order valence-corrected chi connectivity index (χ3v) is 5.59. The number of anilines is 1. The Bertz CT molecular complexity index is 1200. The van der Waals surface area contributed by atoms with Crippen molar-refractivity contribution in [2.24, 2.45) is 5.73 Å². The number of aromatic nitrogens is 1. The normalized spacial score (nSPS) is 15.6. The first kappa shape index (κ1) is 21.7. The number of carbonyl (C=O) groups is 1. The van der Waals surface area contributed by atoms with Gasteiger partial charge >= 0.3 is 0 Å². The fraction of sp³-hybridized carbons (Fsp3) is 0.217. The number of amides is 1. The maximum Gasteiger partial charge on any atom is 0.252 e. The van der Waals surface area contributed by atoms with Gasteiger partial charge in [-0.1, -0.05) is 18.2 Å². The molecule has 0 unspecified atom stereocenters. The number of benzene rings is 2. The van der Waals surface area contributed by atoms with Crippen molar-refractivity contribution in [3.05, 3.63) is 65.6 Å². The molecule has 0 saturated carbocycles. The highest BCUT2D eigenvalue weighted by molar-refractivity contribution is 6.33. The van der Waals surface area contributed by atoms with Crippen molar-refractivity contribution in [3.63, 3.8) is 0 Å². The Labute approximate surface area is 190 Å². The molecule has 32 heavy (non-hydrogen) atoms. The van der Waals surface area contributed by atoms with Crippen molar-refractivity contribution in [2.75, 3.05) is 25.5 Å². The first-order valence-electron chi connectivity index (χ1n) is 9.98. The number of nitrogens with zero attached hydrogens (tertiary/aromatic N) is 2. The number of rotatable bonds is 7. The van der Waals surface area contributed by atoms with Crippen molar-refractivity contribution in [1.82, 2.24) is 9.88 Å². The number of aliphatic hydroxyl groups excluding tert-OH is 1. The van der Waals surface area contributed by atoms with Crippen molar-refractivity contribution >= 4 is 34.1 Å². The highest BCUT2D eigenvalue weighted by Crippen LogP contribution is 2.35. The summed E-state index contributed by atoms with van der Waals surface area (Å²) in [7, 11) is 1.46. The van der Waals surface area contributed by atoms with E-state index in [4.69, 9.17) is 26.8 Å². The van der Waals surface area contributed by atoms with E-state index in [9.17, 15) is 9.90 Å². The van der Waals surface area contributed by atoms with Crippen LogP contribution in [0.1, 0.15) is 16.8 Å². The molecular weight excluding hydrogens is 432 g/mol. The number of halogens is 1. The second-order valence-electron chi connectivity index (χ2n) is 7.45. The molecule has 1 fully saturated rings. The highest BCUT2D eigenvalue weighted by atomic mass is 35.5. The van der Waals surface area contributed by atoms with Gasteiger partial charge in [0.05, 0.1) is 40.8 Å². The van der Waals surface area contributed by atoms with Crippen LogP contribution in [0.4, 0.5) is 5.69 Å². The fourth-order valence-electron chi connectivity index (χ4n) is 3.61. The van der Waals surface area contributed by atoms with E-state index in [0.29, 0.717) is 57.6 Å². The van der Waals surface area contributed by atoms with E-state index in [0.717, 1.165) is 6.54 Å². The first-order valence-corrected chi connectivity index (χ1v) is 10.4. The second kappa shape index (κ2) is 8.94. The summed E-state index contributed by atoms with van der Waals surface area (Å²) in [6.07, 6.45) is 1.97. The average molecular weight is 455 g/mol. The lowest BCUT2D eigenvalue weighted by Gasteiger charge is -2.22. The van der Waals surface area contributed by atoms with Crippen molar-refractivity contribution in [3.8, 4) is 17.2 Å². The minimum absolute atomic E-state index is 0.237. The van der Waals surface area contributed by atoms with Crippen LogP contribution in [0, 0.1) is 0 Å². The predicted octanol–water partition coefficient (Wildman–Crippen LogP) is 3.74. The van der Waals surface area contributed by atoms with Gasteiger partial charge in [0.15, 0.2) is 0 Å². The molecule has 1 amide bonds. The standard InChI is InChI=1S/C23H23ClN4O4/c1-13(28-8-6-14(29)12-28)27-19-4-3-15(9-18(19)24)32-21-5-7-26-20-11-22(31-2)17(23(25)30)10-16(20)21/h3-5,7,9-11,14,27,29H,1,6,8,12H2,2H3,(H2,25,30)/t14-/m1/s1. The Morgan fingerprint density at radius 3 is 2.78 bits per heavy atom. The molecular formula is C23H23ClN4O4. The van der Waals surface area contributed by atoms with Gasteiger partial charge in [-0.15, -0.1) is 0 Å². The maximum absolute atomic E-state index is 11.8. The average Bonchev–Trinajstić information content (AvgIpc) is 3.21. The zero-order chi connectivity index (χ0) is 22.8. The molecule has 1 aliphatic heterocycles. The van der Waals surface area contributed by atoms with Crippen LogP contribution in [0.2, 0.25) is 5.02 Å². The molecule has 166 valence electrons. The summed E-state index contributed by atoms with van der Waals surface area (Å²) in [6, 6.07) is 10.2. The number of ether oxygens (including phenoxy) is 2. The summed E-state index contributed by atoms with van der Waals surface area (Å²) in [5, 5.41) is 13.9. The van der Waals surface area contributed by atoms with E-state index in [2.05, 4.69) is 16.9 Å². The number of primary amides is 1. The first-order chi connectivity index (χ1) is 15.4. The molecule has 0 spiro atoms. The van der Waals surface area contributed by atoms with Crippen molar-refractivity contribution in [1.29, 1.82) is 0 Å². The topological polar surface area (TPSA) is 110 Å². The van der Waals surface area contributed by atoms with E-state index >= 15 is 0 Å². The smallest absolute Gasteiger partial charge is 0.252 e. The van der Waals surface area contributed by atoms with E-state index < -0.39 is 5.91 Å². The van der Waals surface area contributed by atoms with Crippen molar-refractivity contribution in [2.45, 2.75) is 12.5 Å². The van der Waals surface area contributed by atoms with Crippen molar-refractivity contribution < 1.29 is 19.4 Å². The van der Waals surface area contributed by atoms with Crippen LogP contribution < -0.4 is 20.5 Å². The monoisotopic (exact) mass is 454 g/mol. The molecule has 1 saturated heterocycles. The summed E-state index contributed by atoms with van der Waals surface area (Å²) < 4.78 is 11.3. The van der Waals surface area contributed by atoms with E-state index in [1.54, 1.807) is 42.6 Å². The Balaban J connectivity index is 1.58. The molecule has 0 bridgehead atoms. The molecule has 0 radical (unpaired) electrons. The molecule has 0 aliphatic carbocycles. The maximum atomic E-state index is 11.8. The number of pyridine rings is 1. The number of hydrogen-bond acceptors (Lipinski definition) is 7. The zero-order valence-corrected chi connectivity index (χ0v) is 18.2. The van der Waals surface area contributed by atoms with E-state index in [1.165, 1.54) is 7.11 Å². The van der Waals surface area contributed by atoms with Crippen LogP contribution in [0.25, 0.3) is 10.9 Å². The lowest BCUT2D eigenvalue weighted by Crippen LogP contribution is -2.25. The quantitative estimate of drug-likeness (QED) is 0.498. The lowest BCUT2D eigenvalue weighted by molar-refractivity contribution is 0.0997. The molecule has 8 nitrogen and oxygen atoms in total. The van der Waals surface area contributed by atoms with Crippen LogP contribution in [0.5, 0.6) is 17.2 Å². The number of fused-ring (bicyclic) bond motifs is 1. The molecule has 2 heterocycles. The van der Waals surface area contributed by atoms with Crippen LogP contribution in [-0.2, 0) is 0 Å². The van der Waals surface area contributed by atoms with Gasteiger partial charge in [0, 0.05) is 36.8 Å². The number of β-amino-alcohol motifs (C(OH)–C–C–N with tert-alkyl or cyclic N) is 1. The predicted molar refractivity (Wildman–Crippen MR) is 123 cm³/mol. The molecule has 1 aromatic heterocycles. The Hall–Kier alpha value is -3.49. The summed E-state index contributed by atoms with van der Waals surface area (Å²) in [5.74, 6) is 1.41. The van der Waals surface area contributed by atoms with Gasteiger partial charge in [-0.3, -0.25) is 9.78 Å². The van der Waals surface area contributed by atoms with Crippen LogP contribution in [0.3, 0.4) is 0 Å². The number of nitrogens with two attached hydrogens (primary N) is 1. The number of aliphatic hydroxyl groups is 1. The van der Waals surface area contributed by atoms with E-state index in [1.807, 2.05) is 4.90 Å². The largest absolute Gasteiger partial charge is 0.496 e.